The van der Waals surface area contributed by atoms with E-state index in [1.165, 1.54) is 24.3 Å². The maximum Gasteiger partial charge on any atom is 0.147 e. The normalized spacial score (nSPS) is 10.0. The van der Waals surface area contributed by atoms with Crippen molar-refractivity contribution in [3.8, 4) is 6.07 Å². The van der Waals surface area contributed by atoms with Crippen molar-refractivity contribution in [2.24, 2.45) is 0 Å². The van der Waals surface area contributed by atoms with Gasteiger partial charge in [-0.15, -0.1) is 0 Å². The minimum Gasteiger partial charge on any atom is -0.377 e. The van der Waals surface area contributed by atoms with E-state index < -0.39 is 11.6 Å². The van der Waals surface area contributed by atoms with Crippen LogP contribution >= 0.6 is 11.6 Å². The van der Waals surface area contributed by atoms with Gasteiger partial charge in [-0.1, -0.05) is 17.7 Å². The number of rotatable bonds is 3. The Morgan fingerprint density at radius 3 is 2.68 bits per heavy atom. The lowest BCUT2D eigenvalue weighted by molar-refractivity contribution is 0.624. The number of hydrogen-bond donors (Lipinski definition) is 1. The zero-order valence-electron chi connectivity index (χ0n) is 9.75. The zero-order chi connectivity index (χ0) is 13.8. The molecule has 2 rings (SSSR count). The predicted octanol–water partition coefficient (Wildman–Crippen LogP) is 4.10. The first-order valence-corrected chi connectivity index (χ1v) is 5.85. The monoisotopic (exact) mass is 278 g/mol. The molecule has 2 aromatic rings. The second-order valence-electron chi connectivity index (χ2n) is 3.91. The van der Waals surface area contributed by atoms with Crippen LogP contribution in [0.4, 0.5) is 14.5 Å². The second-order valence-corrected chi connectivity index (χ2v) is 4.32. The van der Waals surface area contributed by atoms with Crippen molar-refractivity contribution in [1.29, 1.82) is 5.26 Å². The van der Waals surface area contributed by atoms with Crippen LogP contribution in [0.25, 0.3) is 0 Å². The SMILES string of the molecule is N#Cc1cc(F)cc(CNc2c(F)cccc2Cl)c1. The van der Waals surface area contributed by atoms with Crippen LogP contribution in [0.15, 0.2) is 36.4 Å². The molecule has 0 aliphatic carbocycles. The number of anilines is 1. The molecule has 0 radical (unpaired) electrons. The van der Waals surface area contributed by atoms with Crippen molar-refractivity contribution in [1.82, 2.24) is 0 Å². The Morgan fingerprint density at radius 1 is 1.21 bits per heavy atom. The molecule has 0 aliphatic heterocycles. The highest BCUT2D eigenvalue weighted by Crippen LogP contribution is 2.25. The van der Waals surface area contributed by atoms with Gasteiger partial charge in [-0.2, -0.15) is 5.26 Å². The smallest absolute Gasteiger partial charge is 0.147 e. The lowest BCUT2D eigenvalue weighted by Gasteiger charge is -2.09. The summed E-state index contributed by atoms with van der Waals surface area (Å²) in [7, 11) is 0. The van der Waals surface area contributed by atoms with Crippen LogP contribution in [-0.2, 0) is 6.54 Å². The number of nitriles is 1. The molecule has 0 aliphatic rings. The van der Waals surface area contributed by atoms with E-state index in [4.69, 9.17) is 16.9 Å². The van der Waals surface area contributed by atoms with Crippen molar-refractivity contribution < 1.29 is 8.78 Å². The molecule has 0 saturated heterocycles. The van der Waals surface area contributed by atoms with Crippen LogP contribution in [-0.4, -0.2) is 0 Å². The fourth-order valence-corrected chi connectivity index (χ4v) is 1.90. The van der Waals surface area contributed by atoms with Gasteiger partial charge in [-0.3, -0.25) is 0 Å². The molecular formula is C14H9ClF2N2. The van der Waals surface area contributed by atoms with Crippen LogP contribution in [0, 0.1) is 23.0 Å². The maximum absolute atomic E-state index is 13.5. The molecule has 1 N–H and O–H groups in total. The van der Waals surface area contributed by atoms with Crippen molar-refractivity contribution in [3.05, 3.63) is 64.2 Å². The lowest BCUT2D eigenvalue weighted by Crippen LogP contribution is -2.03. The van der Waals surface area contributed by atoms with E-state index in [0.717, 1.165) is 6.07 Å². The molecular weight excluding hydrogens is 270 g/mol. The average molecular weight is 279 g/mol. The molecule has 2 nitrogen and oxygen atoms in total. The Morgan fingerprint density at radius 2 is 2.00 bits per heavy atom. The number of benzene rings is 2. The van der Waals surface area contributed by atoms with Crippen molar-refractivity contribution in [2.45, 2.75) is 6.54 Å². The van der Waals surface area contributed by atoms with Crippen molar-refractivity contribution >= 4 is 17.3 Å². The van der Waals surface area contributed by atoms with E-state index >= 15 is 0 Å². The van der Waals surface area contributed by atoms with Gasteiger partial charge in [0.15, 0.2) is 0 Å². The molecule has 2 aromatic carbocycles. The summed E-state index contributed by atoms with van der Waals surface area (Å²) in [6, 6.07) is 10.1. The number of nitrogens with one attached hydrogen (secondary N) is 1. The summed E-state index contributed by atoms with van der Waals surface area (Å²) in [5.41, 5.74) is 0.916. The first kappa shape index (κ1) is 13.3. The van der Waals surface area contributed by atoms with Crippen LogP contribution in [0.3, 0.4) is 0 Å². The molecule has 19 heavy (non-hydrogen) atoms. The number of para-hydroxylation sites is 1. The summed E-state index contributed by atoms with van der Waals surface area (Å²) in [4.78, 5) is 0. The summed E-state index contributed by atoms with van der Waals surface area (Å²) in [6.45, 7) is 0.174. The van der Waals surface area contributed by atoms with Gasteiger partial charge in [0.1, 0.15) is 11.6 Å². The van der Waals surface area contributed by atoms with Gasteiger partial charge in [-0.25, -0.2) is 8.78 Å². The average Bonchev–Trinajstić information content (AvgIpc) is 2.37. The van der Waals surface area contributed by atoms with E-state index in [1.54, 1.807) is 6.07 Å². The highest BCUT2D eigenvalue weighted by Gasteiger charge is 2.07. The number of hydrogen-bond acceptors (Lipinski definition) is 2. The fourth-order valence-electron chi connectivity index (χ4n) is 1.67. The summed E-state index contributed by atoms with van der Waals surface area (Å²) in [5, 5.41) is 11.8. The Kier molecular flexibility index (Phi) is 3.98. The molecule has 0 fully saturated rings. The van der Waals surface area contributed by atoms with E-state index in [9.17, 15) is 8.78 Å². The van der Waals surface area contributed by atoms with Gasteiger partial charge in [0.2, 0.25) is 0 Å². The van der Waals surface area contributed by atoms with Gasteiger partial charge in [0.05, 0.1) is 22.3 Å². The third-order valence-corrected chi connectivity index (χ3v) is 2.83. The van der Waals surface area contributed by atoms with Crippen molar-refractivity contribution in [2.75, 3.05) is 5.32 Å². The van der Waals surface area contributed by atoms with Gasteiger partial charge in [-0.05, 0) is 35.9 Å². The standard InChI is InChI=1S/C14H9ClF2N2/c15-12-2-1-3-13(17)14(12)19-8-10-4-9(7-18)5-11(16)6-10/h1-6,19H,8H2. The molecule has 0 amide bonds. The minimum atomic E-state index is -0.504. The van der Waals surface area contributed by atoms with Crippen LogP contribution in [0.5, 0.6) is 0 Å². The van der Waals surface area contributed by atoms with Gasteiger partial charge in [0, 0.05) is 6.54 Å². The van der Waals surface area contributed by atoms with Gasteiger partial charge >= 0.3 is 0 Å². The zero-order valence-corrected chi connectivity index (χ0v) is 10.5. The first-order valence-electron chi connectivity index (χ1n) is 5.47. The molecule has 0 unspecified atom stereocenters. The molecule has 0 atom stereocenters. The van der Waals surface area contributed by atoms with E-state index in [2.05, 4.69) is 5.32 Å². The highest BCUT2D eigenvalue weighted by atomic mass is 35.5. The van der Waals surface area contributed by atoms with E-state index in [0.29, 0.717) is 5.56 Å². The minimum absolute atomic E-state index is 0.159. The maximum atomic E-state index is 13.5. The van der Waals surface area contributed by atoms with Crippen LogP contribution in [0.1, 0.15) is 11.1 Å². The Labute approximate surface area is 114 Å². The summed E-state index contributed by atoms with van der Waals surface area (Å²) >= 11 is 5.86. The summed E-state index contributed by atoms with van der Waals surface area (Å²) in [6.07, 6.45) is 0. The molecule has 0 saturated carbocycles. The molecule has 0 aromatic heterocycles. The molecule has 5 heteroatoms. The summed E-state index contributed by atoms with van der Waals surface area (Å²) < 4.78 is 26.7. The topological polar surface area (TPSA) is 35.8 Å². The summed E-state index contributed by atoms with van der Waals surface area (Å²) in [5.74, 6) is -0.986. The highest BCUT2D eigenvalue weighted by molar-refractivity contribution is 6.33. The quantitative estimate of drug-likeness (QED) is 0.917. The molecule has 96 valence electrons. The third-order valence-electron chi connectivity index (χ3n) is 2.52. The van der Waals surface area contributed by atoms with Gasteiger partial charge in [0.25, 0.3) is 0 Å². The number of halogens is 3. The third kappa shape index (κ3) is 3.21. The second kappa shape index (κ2) is 5.68. The lowest BCUT2D eigenvalue weighted by atomic mass is 10.1. The van der Waals surface area contributed by atoms with E-state index in [-0.39, 0.29) is 22.8 Å². The largest absolute Gasteiger partial charge is 0.377 e. The van der Waals surface area contributed by atoms with E-state index in [1.807, 2.05) is 6.07 Å². The Balaban J connectivity index is 2.19. The van der Waals surface area contributed by atoms with Crippen LogP contribution < -0.4 is 5.32 Å². The van der Waals surface area contributed by atoms with Crippen LogP contribution in [0.2, 0.25) is 5.02 Å². The van der Waals surface area contributed by atoms with Crippen molar-refractivity contribution in [3.63, 3.8) is 0 Å². The first-order chi connectivity index (χ1) is 9.10. The molecule has 0 bridgehead atoms. The molecule has 0 spiro atoms. The number of nitrogens with zero attached hydrogens (tertiary/aromatic N) is 1. The molecule has 0 heterocycles. The Hall–Kier alpha value is -2.12. The fraction of sp³-hybridized carbons (Fsp3) is 0.0714. The van der Waals surface area contributed by atoms with Gasteiger partial charge < -0.3 is 5.32 Å². The Bertz CT molecular complexity index is 630. The predicted molar refractivity (Wildman–Crippen MR) is 69.9 cm³/mol.